The maximum absolute atomic E-state index is 12.9. The number of carbonyl (C=O) groups is 1. The lowest BCUT2D eigenvalue weighted by atomic mass is 9.98. The maximum Gasteiger partial charge on any atom is 0.231 e. The number of hydrogen-bond donors (Lipinski definition) is 1. The molecule has 206 valence electrons. The second-order valence-corrected chi connectivity index (χ2v) is 12.3. The molecule has 0 bridgehead atoms. The molecule has 40 heavy (non-hydrogen) atoms. The Bertz CT molecular complexity index is 1530. The van der Waals surface area contributed by atoms with E-state index in [-0.39, 0.29) is 11.8 Å². The second kappa shape index (κ2) is 11.8. The van der Waals surface area contributed by atoms with Crippen molar-refractivity contribution in [2.24, 2.45) is 5.92 Å². The Morgan fingerprint density at radius 1 is 1.07 bits per heavy atom. The lowest BCUT2D eigenvalue weighted by Crippen LogP contribution is -2.51. The molecule has 1 saturated heterocycles. The van der Waals surface area contributed by atoms with Crippen molar-refractivity contribution in [3.8, 4) is 22.8 Å². The first-order valence-electron chi connectivity index (χ1n) is 13.3. The van der Waals surface area contributed by atoms with Crippen LogP contribution in [0, 0.1) is 12.8 Å². The highest BCUT2D eigenvalue weighted by atomic mass is 35.5. The van der Waals surface area contributed by atoms with Gasteiger partial charge in [0.05, 0.1) is 28.3 Å². The number of halogens is 2. The maximum atomic E-state index is 12.9. The summed E-state index contributed by atoms with van der Waals surface area (Å²) < 4.78 is 11.6. The molecule has 2 aliphatic rings. The summed E-state index contributed by atoms with van der Waals surface area (Å²) in [6, 6.07) is 19.8. The highest BCUT2D eigenvalue weighted by molar-refractivity contribution is 7.16. The van der Waals surface area contributed by atoms with E-state index in [2.05, 4.69) is 34.5 Å². The minimum absolute atomic E-state index is 0.0291. The SMILES string of the molecule is Cc1sc(NC(=O)C2CN(Cc3ccc(OCc4ccc(Cl)c(Cl)c4)cc3)C2)nc1-c1ccc2c(c1)CCCO2. The minimum Gasteiger partial charge on any atom is -0.493 e. The van der Waals surface area contributed by atoms with Gasteiger partial charge in [0.15, 0.2) is 5.13 Å². The number of aromatic nitrogens is 1. The summed E-state index contributed by atoms with van der Waals surface area (Å²) in [6.45, 7) is 5.49. The number of anilines is 1. The summed E-state index contributed by atoms with van der Waals surface area (Å²) >= 11 is 13.6. The Morgan fingerprint density at radius 2 is 1.88 bits per heavy atom. The van der Waals surface area contributed by atoms with Crippen LogP contribution in [0.15, 0.2) is 60.7 Å². The predicted molar refractivity (Wildman–Crippen MR) is 161 cm³/mol. The van der Waals surface area contributed by atoms with Gasteiger partial charge in [0.2, 0.25) is 5.91 Å². The Hall–Kier alpha value is -3.10. The number of thiazole rings is 1. The molecule has 0 atom stereocenters. The highest BCUT2D eigenvalue weighted by Crippen LogP contribution is 2.35. The van der Waals surface area contributed by atoms with E-state index < -0.39 is 0 Å². The summed E-state index contributed by atoms with van der Waals surface area (Å²) in [5.74, 6) is 1.75. The molecular weight excluding hydrogens is 565 g/mol. The van der Waals surface area contributed by atoms with Crippen LogP contribution in [0.2, 0.25) is 10.0 Å². The highest BCUT2D eigenvalue weighted by Gasteiger charge is 2.33. The third-order valence-electron chi connectivity index (χ3n) is 7.26. The number of likely N-dealkylation sites (tertiary alicyclic amines) is 1. The molecule has 4 aromatic rings. The first-order valence-corrected chi connectivity index (χ1v) is 14.9. The van der Waals surface area contributed by atoms with Crippen LogP contribution < -0.4 is 14.8 Å². The van der Waals surface area contributed by atoms with Crippen molar-refractivity contribution in [1.29, 1.82) is 0 Å². The van der Waals surface area contributed by atoms with Crippen LogP contribution >= 0.6 is 34.5 Å². The molecule has 6 rings (SSSR count). The topological polar surface area (TPSA) is 63.7 Å². The quantitative estimate of drug-likeness (QED) is 0.230. The zero-order valence-electron chi connectivity index (χ0n) is 22.1. The Labute approximate surface area is 247 Å². The van der Waals surface area contributed by atoms with Crippen LogP contribution in [0.4, 0.5) is 5.13 Å². The number of nitrogens with one attached hydrogen (secondary N) is 1. The number of carbonyl (C=O) groups excluding carboxylic acids is 1. The number of rotatable bonds is 8. The van der Waals surface area contributed by atoms with E-state index in [0.717, 1.165) is 72.3 Å². The fourth-order valence-electron chi connectivity index (χ4n) is 5.04. The molecule has 1 N–H and O–H groups in total. The Kier molecular flexibility index (Phi) is 7.98. The lowest BCUT2D eigenvalue weighted by Gasteiger charge is -2.38. The molecule has 9 heteroatoms. The largest absolute Gasteiger partial charge is 0.493 e. The van der Waals surface area contributed by atoms with Gasteiger partial charge in [-0.2, -0.15) is 0 Å². The molecule has 1 amide bonds. The van der Waals surface area contributed by atoms with Gasteiger partial charge in [-0.3, -0.25) is 9.69 Å². The summed E-state index contributed by atoms with van der Waals surface area (Å²) in [6.07, 6.45) is 2.05. The number of ether oxygens (including phenoxy) is 2. The molecule has 0 aliphatic carbocycles. The molecule has 0 radical (unpaired) electrons. The van der Waals surface area contributed by atoms with Crippen LogP contribution in [0.25, 0.3) is 11.3 Å². The molecule has 1 aromatic heterocycles. The molecule has 6 nitrogen and oxygen atoms in total. The fraction of sp³-hybridized carbons (Fsp3) is 0.290. The van der Waals surface area contributed by atoms with Gasteiger partial charge in [0, 0.05) is 30.1 Å². The second-order valence-electron chi connectivity index (χ2n) is 10.3. The Morgan fingerprint density at radius 3 is 2.67 bits per heavy atom. The van der Waals surface area contributed by atoms with Gasteiger partial charge in [-0.25, -0.2) is 4.98 Å². The minimum atomic E-state index is -0.0395. The van der Waals surface area contributed by atoms with Gasteiger partial charge in [-0.15, -0.1) is 11.3 Å². The van der Waals surface area contributed by atoms with Gasteiger partial charge in [0.25, 0.3) is 0 Å². The third-order valence-corrected chi connectivity index (χ3v) is 8.88. The van der Waals surface area contributed by atoms with Gasteiger partial charge in [0.1, 0.15) is 18.1 Å². The molecule has 0 saturated carbocycles. The molecule has 1 fully saturated rings. The number of aryl methyl sites for hydroxylation is 2. The normalized spacial score (nSPS) is 15.2. The lowest BCUT2D eigenvalue weighted by molar-refractivity contribution is -0.125. The van der Waals surface area contributed by atoms with Crippen molar-refractivity contribution in [1.82, 2.24) is 9.88 Å². The van der Waals surface area contributed by atoms with Crippen molar-refractivity contribution < 1.29 is 14.3 Å². The third kappa shape index (κ3) is 6.13. The Balaban J connectivity index is 0.978. The van der Waals surface area contributed by atoms with Crippen molar-refractivity contribution in [3.05, 3.63) is 92.3 Å². The molecule has 3 heterocycles. The van der Waals surface area contributed by atoms with E-state index in [1.165, 1.54) is 22.5 Å². The van der Waals surface area contributed by atoms with E-state index in [1.54, 1.807) is 6.07 Å². The van der Waals surface area contributed by atoms with E-state index in [9.17, 15) is 4.79 Å². The standard InChI is InChI=1S/C31H29Cl2N3O3S/c1-19-29(23-7-11-28-22(14-23)3-2-12-38-28)34-31(40-19)35-30(37)24-16-36(17-24)15-20-4-8-25(9-5-20)39-18-21-6-10-26(32)27(33)13-21/h4-11,13-14,24H,2-3,12,15-18H2,1H3,(H,34,35,37). The van der Waals surface area contributed by atoms with Gasteiger partial charge in [-0.05, 0) is 78.9 Å². The van der Waals surface area contributed by atoms with E-state index >= 15 is 0 Å². The van der Waals surface area contributed by atoms with Gasteiger partial charge in [-0.1, -0.05) is 41.4 Å². The number of fused-ring (bicyclic) bond motifs is 1. The first-order chi connectivity index (χ1) is 19.4. The fourth-order valence-corrected chi connectivity index (χ4v) is 6.20. The molecular formula is C31H29Cl2N3O3S. The summed E-state index contributed by atoms with van der Waals surface area (Å²) in [4.78, 5) is 21.0. The summed E-state index contributed by atoms with van der Waals surface area (Å²) in [7, 11) is 0. The molecule has 0 spiro atoms. The number of benzene rings is 3. The first kappa shape index (κ1) is 27.1. The van der Waals surface area contributed by atoms with E-state index in [0.29, 0.717) is 21.8 Å². The molecule has 0 unspecified atom stereocenters. The summed E-state index contributed by atoms with van der Waals surface area (Å²) in [5, 5.41) is 4.75. The average Bonchev–Trinajstić information content (AvgIpc) is 3.30. The van der Waals surface area contributed by atoms with Crippen LogP contribution in [-0.4, -0.2) is 35.5 Å². The van der Waals surface area contributed by atoms with Crippen molar-refractivity contribution in [2.75, 3.05) is 25.0 Å². The molecule has 3 aromatic carbocycles. The van der Waals surface area contributed by atoms with Crippen LogP contribution in [0.3, 0.4) is 0 Å². The van der Waals surface area contributed by atoms with Crippen LogP contribution in [-0.2, 0) is 24.4 Å². The van der Waals surface area contributed by atoms with Crippen molar-refractivity contribution in [3.63, 3.8) is 0 Å². The smallest absolute Gasteiger partial charge is 0.231 e. The average molecular weight is 595 g/mol. The number of hydrogen-bond acceptors (Lipinski definition) is 6. The van der Waals surface area contributed by atoms with E-state index in [1.807, 2.05) is 37.3 Å². The number of nitrogens with zero attached hydrogens (tertiary/aromatic N) is 2. The number of amides is 1. The van der Waals surface area contributed by atoms with E-state index in [4.69, 9.17) is 37.7 Å². The van der Waals surface area contributed by atoms with Gasteiger partial charge >= 0.3 is 0 Å². The monoisotopic (exact) mass is 593 g/mol. The zero-order chi connectivity index (χ0) is 27.6. The van der Waals surface area contributed by atoms with Gasteiger partial charge < -0.3 is 14.8 Å². The predicted octanol–water partition coefficient (Wildman–Crippen LogP) is 7.40. The zero-order valence-corrected chi connectivity index (χ0v) is 24.4. The van der Waals surface area contributed by atoms with Crippen LogP contribution in [0.1, 0.15) is 28.0 Å². The van der Waals surface area contributed by atoms with Crippen molar-refractivity contribution >= 4 is 45.6 Å². The van der Waals surface area contributed by atoms with Crippen LogP contribution in [0.5, 0.6) is 11.5 Å². The molecule has 2 aliphatic heterocycles. The van der Waals surface area contributed by atoms with Crippen molar-refractivity contribution in [2.45, 2.75) is 32.9 Å². The summed E-state index contributed by atoms with van der Waals surface area (Å²) in [5.41, 5.74) is 5.35.